The Balaban J connectivity index is 0.000000237. The van der Waals surface area contributed by atoms with Crippen LogP contribution in [0.2, 0.25) is 0 Å². The van der Waals surface area contributed by atoms with E-state index >= 15 is 0 Å². The number of sulfonamides is 1. The van der Waals surface area contributed by atoms with Crippen molar-refractivity contribution < 1.29 is 247 Å². The molecule has 623 valence electrons. The summed E-state index contributed by atoms with van der Waals surface area (Å²) in [6.07, 6.45) is 3.68. The molecule has 124 heavy (non-hydrogen) atoms. The molecule has 0 aliphatic heterocycles. The molecule has 0 unspecified atom stereocenters. The Kier molecular flexibility index (Phi) is 36.9. The molecule has 0 saturated heterocycles. The van der Waals surface area contributed by atoms with Crippen molar-refractivity contribution in [2.45, 2.75) is 123 Å². The maximum absolute atomic E-state index is 13.1. The van der Waals surface area contributed by atoms with Gasteiger partial charge in [0.25, 0.3) is 0 Å². The summed E-state index contributed by atoms with van der Waals surface area (Å²) in [5.74, 6) is -1.17. The van der Waals surface area contributed by atoms with E-state index in [1.807, 2.05) is 136 Å². The summed E-state index contributed by atoms with van der Waals surface area (Å²) in [6, 6.07) is 42.8. The number of hydrogen-bond acceptors (Lipinski definition) is 25. The number of fused-ring (bicyclic) bond motifs is 7. The number of nitrogens with zero attached hydrogens (tertiary/aromatic N) is 13. The van der Waals surface area contributed by atoms with Gasteiger partial charge in [-0.05, 0) is 99.6 Å². The molecule has 0 saturated carbocycles. The van der Waals surface area contributed by atoms with Crippen LogP contribution in [-0.2, 0) is 208 Å². The molecule has 0 amide bonds. The maximum Gasteiger partial charge on any atom is 1.00 e. The fourth-order valence-electron chi connectivity index (χ4n) is 13.8. The molecule has 39 heteroatoms. The van der Waals surface area contributed by atoms with Gasteiger partial charge in [0.1, 0.15) is 61.9 Å². The molecule has 0 aliphatic rings. The zero-order valence-corrected chi connectivity index (χ0v) is 87.2. The first-order chi connectivity index (χ1) is 55.6. The van der Waals surface area contributed by atoms with Crippen LogP contribution in [0.4, 0.5) is 5.82 Å². The topological polar surface area (TPSA) is 433 Å². The molecule has 4 N–H and O–H groups in total. The number of benzene rings is 5. The number of imidazole rings is 2. The van der Waals surface area contributed by atoms with E-state index in [4.69, 9.17) is 27.4 Å². The minimum atomic E-state index is -3.88. The largest absolute Gasteiger partial charge is 1.00 e. The maximum atomic E-state index is 13.1. The first-order valence-corrected chi connectivity index (χ1v) is 40.1. The van der Waals surface area contributed by atoms with Gasteiger partial charge in [-0.25, -0.2) is 60.9 Å². The summed E-state index contributed by atoms with van der Waals surface area (Å²) in [6.45, 7) is 27.9. The average Bonchev–Trinajstić information content (AvgIpc) is 1.56. The Morgan fingerprint density at radius 1 is 0.460 bits per heavy atom. The van der Waals surface area contributed by atoms with Crippen LogP contribution in [-0.4, -0.2) is 128 Å². The smallest absolute Gasteiger partial charge is 0.870 e. The molecule has 5 aromatic carbocycles. The molecule has 31 nitrogen and oxygen atoms in total. The fourth-order valence-corrected chi connectivity index (χ4v) is 15.1. The van der Waals surface area contributed by atoms with Crippen molar-refractivity contribution in [1.82, 2.24) is 68.8 Å². The Hall–Kier alpha value is -7.54. The first kappa shape index (κ1) is 105. The standard InChI is InChI=1S/C18H17N2O3.C17H15N4O4S.C17H18N3O3S.C17H15N2O3.C16H13N4O2.Li.H2O.5Y/c1-10-7-5-6-8-13(10)9-14-11(2)17-15(12(3)20-23-17)19-16(14)18(21)22-4;1-9-7-5-6-8-12(9)20-14-10(2)15-13(11(3)19-25-15)18-16(14)21(17(20)22)26(4,23)24;1-10-7-5-6-8-13(10)9-14-11(2)16-15(12(3)19-23-16)18-17(14)20-24(4,21)22;1-9-6-4-5-7-12(9)8-13-10(2)16-14(11(3)19-22-16)18-15(13)17(20)21;1-8-6-4-5-7-11(8)20-13-9(2)14-12(10(3)19-22-14)17-15(13)18-16(20)21;;;;;;;/h6-8H,9H2,1-4H3;6-8H,1-4H3;6-8H,9H2,1-4H3,(H,18,20);5-7H,8H2,1-3H3,(H,20,21);5-7H,1-3H3,(H,17,18,21);;1H2;;;;;/q5*-1;+1;;;;;;/p-1. The third-order valence-corrected chi connectivity index (χ3v) is 21.7. The molecular formula is C85H79LiN15O16S2Y5-5. The number of aromatic carboxylic acids is 1. The summed E-state index contributed by atoms with van der Waals surface area (Å²) < 4.78 is 86.1. The third-order valence-electron chi connectivity index (χ3n) is 20.2. The predicted molar refractivity (Wildman–Crippen MR) is 439 cm³/mol. The number of rotatable bonds is 13. The van der Waals surface area contributed by atoms with Crippen LogP contribution in [0.1, 0.15) is 138 Å². The quantitative estimate of drug-likeness (QED) is 0.0548. The van der Waals surface area contributed by atoms with Crippen LogP contribution >= 0.6 is 0 Å². The number of pyridine rings is 5. The summed E-state index contributed by atoms with van der Waals surface area (Å²) in [5.41, 5.74) is 25.5. The predicted octanol–water partition coefficient (Wildman–Crippen LogP) is 10.7. The molecule has 0 bridgehead atoms. The number of methoxy groups -OCH3 is 1. The number of ether oxygens (including phenoxy) is 1. The SMILES string of the molecule is COC(=O)c1nc2c(C)noc2c(C)c1Cc1cc[c-]cc1C.Cc1c[c-]ccc1-n1c(=O)[nH]c2nc3c(C)noc3c(C)c21.Cc1c[c-]ccc1-n1c(=O)n(S(C)(=O)=O)c2nc3c(C)noc3c(C)c21.Cc1c[c-]ccc1Cc1c(C(=O)O)nc2c(C)noc2c1C.Cc1c[c-]ccc1Cc1c(NS(C)(=O)=O)nc2c(C)noc2c1C.[Li+].[OH-].[Y].[Y].[Y].[Y].[Y]. The van der Waals surface area contributed by atoms with Gasteiger partial charge in [0.05, 0.1) is 30.7 Å². The molecule has 12 heterocycles. The molecule has 0 fully saturated rings. The molecule has 0 aliphatic carbocycles. The van der Waals surface area contributed by atoms with E-state index in [1.165, 1.54) is 11.7 Å². The van der Waals surface area contributed by atoms with E-state index in [0.29, 0.717) is 148 Å². The van der Waals surface area contributed by atoms with Crippen molar-refractivity contribution in [3.8, 4) is 11.4 Å². The second-order valence-electron chi connectivity index (χ2n) is 28.4. The third kappa shape index (κ3) is 21.6. The van der Waals surface area contributed by atoms with E-state index in [0.717, 1.165) is 100 Å². The van der Waals surface area contributed by atoms with Crippen LogP contribution in [0.25, 0.3) is 89.2 Å². The van der Waals surface area contributed by atoms with Gasteiger partial charge in [0, 0.05) is 197 Å². The molecular weight excluding hydrogens is 2000 g/mol. The number of carboxylic acid groups (broad SMARTS) is 1. The van der Waals surface area contributed by atoms with Crippen molar-refractivity contribution >= 4 is 116 Å². The van der Waals surface area contributed by atoms with Crippen molar-refractivity contribution in [3.63, 3.8) is 0 Å². The van der Waals surface area contributed by atoms with E-state index in [1.54, 1.807) is 63.5 Å². The number of carbonyl (C=O) groups is 2. The van der Waals surface area contributed by atoms with Gasteiger partial charge >= 0.3 is 42.2 Å². The van der Waals surface area contributed by atoms with Crippen LogP contribution in [0.3, 0.4) is 0 Å². The minimum Gasteiger partial charge on any atom is -0.870 e. The van der Waals surface area contributed by atoms with Crippen LogP contribution < -0.4 is 35.0 Å². The first-order valence-electron chi connectivity index (χ1n) is 36.4. The Bertz CT molecular complexity index is 7260. The number of esters is 1. The summed E-state index contributed by atoms with van der Waals surface area (Å²) in [4.78, 5) is 74.2. The number of carboxylic acids is 1. The molecule has 17 aromatic rings. The van der Waals surface area contributed by atoms with Gasteiger partial charge in [-0.15, -0.1) is 23.3 Å². The van der Waals surface area contributed by atoms with Crippen LogP contribution in [0.15, 0.2) is 123 Å². The van der Waals surface area contributed by atoms with E-state index in [-0.39, 0.29) is 205 Å². The molecule has 12 aromatic heterocycles. The number of nitrogens with one attached hydrogen (secondary N) is 2. The van der Waals surface area contributed by atoms with E-state index in [9.17, 15) is 41.1 Å². The van der Waals surface area contributed by atoms with Crippen LogP contribution in [0, 0.1) is 134 Å². The number of carbonyl (C=O) groups excluding carboxylic acids is 1. The number of aromatic amines is 1. The van der Waals surface area contributed by atoms with Gasteiger partial charge in [0.2, 0.25) is 20.0 Å². The van der Waals surface area contributed by atoms with Crippen molar-refractivity contribution in [1.29, 1.82) is 0 Å². The summed E-state index contributed by atoms with van der Waals surface area (Å²) in [5, 5.41) is 29.1. The second-order valence-corrected chi connectivity index (χ2v) is 31.9. The van der Waals surface area contributed by atoms with Gasteiger partial charge in [-0.3, -0.25) is 18.8 Å². The molecule has 17 rings (SSSR count). The van der Waals surface area contributed by atoms with Gasteiger partial charge in [-0.1, -0.05) is 71.8 Å². The zero-order valence-electron chi connectivity index (χ0n) is 71.4. The van der Waals surface area contributed by atoms with Gasteiger partial charge < -0.3 is 37.9 Å². The number of hydrogen-bond donors (Lipinski definition) is 3. The summed E-state index contributed by atoms with van der Waals surface area (Å²) in [7, 11) is -5.97. The van der Waals surface area contributed by atoms with E-state index < -0.39 is 37.7 Å². The zero-order chi connectivity index (χ0) is 84.1. The van der Waals surface area contributed by atoms with Crippen molar-refractivity contribution in [2.24, 2.45) is 0 Å². The van der Waals surface area contributed by atoms with Crippen molar-refractivity contribution in [2.75, 3.05) is 24.3 Å². The monoisotopic (exact) mass is 2080 g/mol. The molecule has 5 radical (unpaired) electrons. The number of aryl methyl sites for hydroxylation is 15. The minimum absolute atomic E-state index is 0. The molecule has 0 atom stereocenters. The van der Waals surface area contributed by atoms with E-state index in [2.05, 4.69) is 90.7 Å². The summed E-state index contributed by atoms with van der Waals surface area (Å²) >= 11 is 0. The van der Waals surface area contributed by atoms with Crippen molar-refractivity contribution in [3.05, 3.63) is 271 Å². The van der Waals surface area contributed by atoms with Gasteiger partial charge in [0.15, 0.2) is 50.6 Å². The Labute approximate surface area is 850 Å². The normalized spacial score (nSPS) is 10.9. The van der Waals surface area contributed by atoms with Crippen LogP contribution in [0.5, 0.6) is 0 Å². The number of aromatic nitrogens is 14. The molecule has 0 spiro atoms. The fraction of sp³-hybridized carbons (Fsp3) is 0.247. The number of anilines is 1. The second kappa shape index (κ2) is 43.5. The Morgan fingerprint density at radius 3 is 1.19 bits per heavy atom. The average molecular weight is 2080 g/mol. The number of H-pyrrole nitrogens is 1. The Morgan fingerprint density at radius 2 is 0.798 bits per heavy atom. The van der Waals surface area contributed by atoms with Gasteiger partial charge in [-0.2, -0.15) is 147 Å².